The lowest BCUT2D eigenvalue weighted by molar-refractivity contribution is 0.323. The van der Waals surface area contributed by atoms with E-state index in [-0.39, 0.29) is 6.61 Å². The molecule has 0 radical (unpaired) electrons. The molecule has 0 unspecified atom stereocenters. The third-order valence-corrected chi connectivity index (χ3v) is 2.82. The summed E-state index contributed by atoms with van der Waals surface area (Å²) in [4.78, 5) is 0. The van der Waals surface area contributed by atoms with Gasteiger partial charge >= 0.3 is 7.67 Å². The molecule has 0 aromatic heterocycles. The molecule has 0 heterocycles. The second kappa shape index (κ2) is 5.10. The Morgan fingerprint density at radius 3 is 2.30 bits per heavy atom. The van der Waals surface area contributed by atoms with Gasteiger partial charge < -0.3 is 4.52 Å². The summed E-state index contributed by atoms with van der Waals surface area (Å²) < 4.78 is 16.1. The molecule has 0 aliphatic rings. The molecule has 0 aromatic rings. The molecular weight excluding hydrogens is 174 g/mol. The maximum Gasteiger partial charge on any atom is 0.340 e. The minimum atomic E-state index is -2.78. The maximum absolute atomic E-state index is 11.2. The largest absolute Gasteiger partial charge is 0.340 e. The lowest BCUT2D eigenvalue weighted by Gasteiger charge is -2.14. The molecule has 10 heavy (non-hydrogen) atoms. The second-order valence-corrected chi connectivity index (χ2v) is 4.15. The molecule has 2 N–H and O–H groups in total. The van der Waals surface area contributed by atoms with Crippen LogP contribution in [0.5, 0.6) is 0 Å². The van der Waals surface area contributed by atoms with E-state index >= 15 is 0 Å². The summed E-state index contributed by atoms with van der Waals surface area (Å²) in [5, 5.41) is 5.05. The number of rotatable bonds is 5. The Hall–Kier alpha value is 0.400. The molecule has 0 saturated carbocycles. The van der Waals surface area contributed by atoms with Crippen molar-refractivity contribution in [3.63, 3.8) is 0 Å². The van der Waals surface area contributed by atoms with E-state index in [1.807, 2.05) is 0 Å². The van der Waals surface area contributed by atoms with Gasteiger partial charge in [-0.25, -0.2) is 10.2 Å². The molecule has 0 amide bonds. The Kier molecular flexibility index (Phi) is 5.31. The number of alkyl halides is 1. The van der Waals surface area contributed by atoms with Gasteiger partial charge in [-0.1, -0.05) is 0 Å². The van der Waals surface area contributed by atoms with Crippen LogP contribution in [0.1, 0.15) is 0 Å². The monoisotopic (exact) mass is 186 g/mol. The van der Waals surface area contributed by atoms with Crippen molar-refractivity contribution in [3.05, 3.63) is 0 Å². The van der Waals surface area contributed by atoms with E-state index in [2.05, 4.69) is 10.2 Å². The van der Waals surface area contributed by atoms with Gasteiger partial charge in [0.25, 0.3) is 0 Å². The van der Waals surface area contributed by atoms with Gasteiger partial charge in [-0.3, -0.25) is 4.57 Å². The van der Waals surface area contributed by atoms with E-state index in [1.165, 1.54) is 0 Å². The first kappa shape index (κ1) is 10.4. The zero-order valence-electron chi connectivity index (χ0n) is 6.06. The highest BCUT2D eigenvalue weighted by molar-refractivity contribution is 7.54. The van der Waals surface area contributed by atoms with Crippen molar-refractivity contribution in [2.24, 2.45) is 0 Å². The SMILES string of the molecule is CNP(=O)(NC)OCCCl. The molecule has 0 aliphatic heterocycles. The minimum Gasteiger partial charge on any atom is -0.305 e. The van der Waals surface area contributed by atoms with E-state index in [4.69, 9.17) is 16.1 Å². The predicted octanol–water partition coefficient (Wildman–Crippen LogP) is 0.789. The number of halogens is 1. The molecule has 4 nitrogen and oxygen atoms in total. The Bertz CT molecular complexity index is 124. The molecule has 0 atom stereocenters. The van der Waals surface area contributed by atoms with Gasteiger partial charge in [-0.15, -0.1) is 11.6 Å². The molecule has 0 spiro atoms. The Morgan fingerprint density at radius 1 is 1.50 bits per heavy atom. The summed E-state index contributed by atoms with van der Waals surface area (Å²) in [5.74, 6) is 0.341. The zero-order valence-corrected chi connectivity index (χ0v) is 7.71. The summed E-state index contributed by atoms with van der Waals surface area (Å²) in [5.41, 5.74) is 0. The highest BCUT2D eigenvalue weighted by Gasteiger charge is 2.15. The van der Waals surface area contributed by atoms with E-state index in [9.17, 15) is 4.57 Å². The van der Waals surface area contributed by atoms with Crippen molar-refractivity contribution in [1.29, 1.82) is 0 Å². The van der Waals surface area contributed by atoms with Crippen LogP contribution in [0.25, 0.3) is 0 Å². The second-order valence-electron chi connectivity index (χ2n) is 1.52. The molecule has 0 aliphatic carbocycles. The van der Waals surface area contributed by atoms with Crippen LogP contribution in [-0.2, 0) is 9.09 Å². The Morgan fingerprint density at radius 2 is 2.00 bits per heavy atom. The van der Waals surface area contributed by atoms with E-state index < -0.39 is 7.67 Å². The first-order valence-corrected chi connectivity index (χ1v) is 5.03. The molecule has 0 rings (SSSR count). The first-order valence-electron chi connectivity index (χ1n) is 2.87. The van der Waals surface area contributed by atoms with Gasteiger partial charge in [0.2, 0.25) is 0 Å². The van der Waals surface area contributed by atoms with Crippen molar-refractivity contribution in [2.45, 2.75) is 0 Å². The molecule has 6 heteroatoms. The van der Waals surface area contributed by atoms with Crippen molar-refractivity contribution in [2.75, 3.05) is 26.6 Å². The minimum absolute atomic E-state index is 0.278. The number of hydrogen-bond donors (Lipinski definition) is 2. The molecule has 0 saturated heterocycles. The van der Waals surface area contributed by atoms with Crippen LogP contribution in [0, 0.1) is 0 Å². The summed E-state index contributed by atoms with van der Waals surface area (Å²) in [6.07, 6.45) is 0. The van der Waals surface area contributed by atoms with Gasteiger partial charge in [-0.05, 0) is 14.1 Å². The van der Waals surface area contributed by atoms with Crippen molar-refractivity contribution < 1.29 is 9.09 Å². The summed E-state index contributed by atoms with van der Waals surface area (Å²) >= 11 is 5.32. The molecule has 0 aromatic carbocycles. The highest BCUT2D eigenvalue weighted by atomic mass is 35.5. The topological polar surface area (TPSA) is 50.4 Å². The van der Waals surface area contributed by atoms with Crippen LogP contribution in [0.4, 0.5) is 0 Å². The summed E-state index contributed by atoms with van der Waals surface area (Å²) in [6.45, 7) is 0.278. The van der Waals surface area contributed by atoms with E-state index in [0.717, 1.165) is 0 Å². The van der Waals surface area contributed by atoms with E-state index in [0.29, 0.717) is 5.88 Å². The smallest absolute Gasteiger partial charge is 0.305 e. The first-order chi connectivity index (χ1) is 4.68. The van der Waals surface area contributed by atoms with Crippen molar-refractivity contribution in [1.82, 2.24) is 10.2 Å². The van der Waals surface area contributed by atoms with Gasteiger partial charge in [0, 0.05) is 5.88 Å². The molecule has 0 fully saturated rings. The van der Waals surface area contributed by atoms with Gasteiger partial charge in [0.1, 0.15) is 0 Å². The quantitative estimate of drug-likeness (QED) is 0.492. The van der Waals surface area contributed by atoms with Crippen molar-refractivity contribution >= 4 is 19.3 Å². The number of nitrogens with one attached hydrogen (secondary N) is 2. The fraction of sp³-hybridized carbons (Fsp3) is 1.00. The normalized spacial score (nSPS) is 11.9. The number of hydrogen-bond acceptors (Lipinski definition) is 2. The van der Waals surface area contributed by atoms with Gasteiger partial charge in [-0.2, -0.15) is 0 Å². The Balaban J connectivity index is 3.70. The summed E-state index contributed by atoms with van der Waals surface area (Å²) in [7, 11) is 0.340. The van der Waals surface area contributed by atoms with Gasteiger partial charge in [0.15, 0.2) is 0 Å². The lowest BCUT2D eigenvalue weighted by atomic mass is 10.9. The third kappa shape index (κ3) is 3.54. The maximum atomic E-state index is 11.2. The average molecular weight is 187 g/mol. The van der Waals surface area contributed by atoms with Crippen LogP contribution in [0.15, 0.2) is 0 Å². The highest BCUT2D eigenvalue weighted by Crippen LogP contribution is 2.34. The lowest BCUT2D eigenvalue weighted by Crippen LogP contribution is -2.18. The zero-order chi connectivity index (χ0) is 8.04. The summed E-state index contributed by atoms with van der Waals surface area (Å²) in [6, 6.07) is 0. The third-order valence-electron chi connectivity index (χ3n) is 0.939. The van der Waals surface area contributed by atoms with Crippen LogP contribution >= 0.6 is 19.3 Å². The Labute approximate surface area is 65.8 Å². The van der Waals surface area contributed by atoms with Crippen LogP contribution < -0.4 is 10.2 Å². The van der Waals surface area contributed by atoms with Crippen LogP contribution in [0.3, 0.4) is 0 Å². The molecule has 0 bridgehead atoms. The predicted molar refractivity (Wildman–Crippen MR) is 42.4 cm³/mol. The van der Waals surface area contributed by atoms with Gasteiger partial charge in [0.05, 0.1) is 6.61 Å². The fourth-order valence-electron chi connectivity index (χ4n) is 0.404. The van der Waals surface area contributed by atoms with Crippen molar-refractivity contribution in [3.8, 4) is 0 Å². The fourth-order valence-corrected chi connectivity index (χ4v) is 1.42. The molecular formula is C4H12ClN2O2P. The molecule has 62 valence electrons. The van der Waals surface area contributed by atoms with E-state index in [1.54, 1.807) is 14.1 Å². The van der Waals surface area contributed by atoms with Crippen LogP contribution in [0.2, 0.25) is 0 Å². The average Bonchev–Trinajstić information content (AvgIpc) is 2.00. The standard InChI is InChI=1S/C4H12ClN2O2P/c1-6-10(8,7-2)9-4-3-5/h3-4H2,1-2H3,(H2,6,7,8). The van der Waals surface area contributed by atoms with Crippen LogP contribution in [-0.4, -0.2) is 26.6 Å².